The van der Waals surface area contributed by atoms with Crippen LogP contribution in [-0.4, -0.2) is 252 Å². The number of nitrogens with zero attached hydrogens (tertiary/aromatic N) is 4. The summed E-state index contributed by atoms with van der Waals surface area (Å²) in [5.41, 5.74) is 6.08. The molecule has 0 amide bonds. The lowest BCUT2D eigenvalue weighted by atomic mass is 9.99. The molecule has 0 spiro atoms. The van der Waals surface area contributed by atoms with E-state index in [9.17, 15) is 54.7 Å². The maximum Gasteiger partial charge on any atom is 0.164 e. The van der Waals surface area contributed by atoms with Gasteiger partial charge in [-0.05, 0) is 119 Å². The Morgan fingerprint density at radius 3 is 1.43 bits per heavy atom. The van der Waals surface area contributed by atoms with Crippen molar-refractivity contribution in [2.75, 3.05) is 68.1 Å². The van der Waals surface area contributed by atoms with Gasteiger partial charge in [-0.1, -0.05) is 30.9 Å². The Morgan fingerprint density at radius 1 is 0.505 bits per heavy atom. The molecule has 6 saturated heterocycles. The third-order valence-corrected chi connectivity index (χ3v) is 22.1. The van der Waals surface area contributed by atoms with Crippen LogP contribution in [0.3, 0.4) is 0 Å². The third-order valence-electron chi connectivity index (χ3n) is 19.7. The molecule has 0 saturated carbocycles. The van der Waals surface area contributed by atoms with Crippen molar-refractivity contribution in [1.29, 1.82) is 10.5 Å². The van der Waals surface area contributed by atoms with E-state index in [1.54, 1.807) is 72.3 Å². The first-order chi connectivity index (χ1) is 53.2. The fraction of sp³-hybridized carbons (Fsp3) is 0.468. The number of aryl methyl sites for hydroxylation is 2. The molecule has 3 aromatic heterocycles. The van der Waals surface area contributed by atoms with Crippen LogP contribution in [0.4, 0.5) is 8.78 Å². The van der Waals surface area contributed by atoms with Gasteiger partial charge in [-0.3, -0.25) is 0 Å². The maximum absolute atomic E-state index is 13.6. The van der Waals surface area contributed by atoms with Crippen LogP contribution in [0.2, 0.25) is 0 Å². The van der Waals surface area contributed by atoms with E-state index in [1.807, 2.05) is 52.2 Å². The molecule has 111 heavy (non-hydrogen) atoms. The van der Waals surface area contributed by atoms with Crippen molar-refractivity contribution in [1.82, 2.24) is 9.47 Å². The lowest BCUT2D eigenvalue weighted by Crippen LogP contribution is -2.33. The molecule has 0 aliphatic carbocycles. The van der Waals surface area contributed by atoms with Gasteiger partial charge in [-0.25, -0.2) is 8.78 Å². The van der Waals surface area contributed by atoms with Crippen molar-refractivity contribution in [3.8, 4) is 35.1 Å². The van der Waals surface area contributed by atoms with E-state index >= 15 is 0 Å². The predicted molar refractivity (Wildman–Crippen MR) is 399 cm³/mol. The molecule has 10 heterocycles. The zero-order chi connectivity index (χ0) is 80.8. The van der Waals surface area contributed by atoms with Gasteiger partial charge in [0.2, 0.25) is 0 Å². The van der Waals surface area contributed by atoms with E-state index in [0.717, 1.165) is 26.2 Å². The van der Waals surface area contributed by atoms with Crippen molar-refractivity contribution in [2.24, 2.45) is 0 Å². The van der Waals surface area contributed by atoms with Gasteiger partial charge in [0, 0.05) is 53.9 Å². The molecule has 15 N–H and O–H groups in total. The lowest BCUT2D eigenvalue weighted by molar-refractivity contribution is -0.0533. The average molecular weight is 1610 g/mol. The van der Waals surface area contributed by atoms with Crippen LogP contribution < -0.4 is 18.9 Å². The van der Waals surface area contributed by atoms with E-state index in [0.29, 0.717) is 85.8 Å². The molecule has 21 atom stereocenters. The minimum atomic E-state index is -1.24. The molecule has 6 fully saturated rings. The zero-order valence-corrected chi connectivity index (χ0v) is 63.6. The number of thiophene rings is 2. The molecule has 4 aromatic carbocycles. The van der Waals surface area contributed by atoms with Crippen LogP contribution in [-0.2, 0) is 28.4 Å². The topological polar surface area (TPSA) is 452 Å². The predicted octanol–water partition coefficient (Wildman–Crippen LogP) is 4.61. The summed E-state index contributed by atoms with van der Waals surface area (Å²) in [4.78, 5) is 3.06. The molecule has 7 aliphatic rings. The second-order valence-electron chi connectivity index (χ2n) is 26.6. The zero-order valence-electron chi connectivity index (χ0n) is 61.1. The first-order valence-electron chi connectivity index (χ1n) is 35.1. The summed E-state index contributed by atoms with van der Waals surface area (Å²) < 4.78 is 84.1. The van der Waals surface area contributed by atoms with Crippen molar-refractivity contribution in [2.45, 2.75) is 162 Å². The molecule has 602 valence electrons. The van der Waals surface area contributed by atoms with Crippen molar-refractivity contribution < 1.29 is 133 Å². The normalized spacial score (nSPS) is 29.5. The highest BCUT2D eigenvalue weighted by molar-refractivity contribution is 7.71. The number of nitriles is 2. The number of benzene rings is 4. The molecule has 3 unspecified atom stereocenters. The second kappa shape index (κ2) is 39.9. The lowest BCUT2D eigenvalue weighted by Gasteiger charge is -2.31. The summed E-state index contributed by atoms with van der Waals surface area (Å²) in [5, 5.41) is 165. The molecule has 14 rings (SSSR count). The van der Waals surface area contributed by atoms with Crippen molar-refractivity contribution >= 4 is 56.8 Å². The number of aromatic nitrogens is 1. The Kier molecular flexibility index (Phi) is 31.4. The van der Waals surface area contributed by atoms with E-state index in [-0.39, 0.29) is 51.2 Å². The minimum absolute atomic E-state index is 0.161. The molecule has 29 nitrogen and oxygen atoms in total. The third kappa shape index (κ3) is 19.8. The standard InChI is InChI=1S/C13H17FO5.C13H17FO4.C13H15NO5.C13H15NO4.C13H15NO3S.C12H13NO4S2/c1-6-3-9(18-2)7(4-8(6)14)13-12(17)11(16)10(5-15)19-13;1-7-3-11(17-2)8(4-9(7)14)12-5-10(16)13(6-15)18-12;1-18-9-4-7(5-14)2-3-8(9)13-12(17)11(16)10(6-15)19-13;1-17-11-4-8(6-14)2-3-9(11)12-5-10(16)13(7-15)18-12;1-8-13-9(3-5-18-13)2-4-14(8)12-6-10(16)11(7-15)17-12;14-5-7-8(15)9(16)11(17-7)13-3-1-6-2-4-19-10(6)12(13)18/h3-4,10-13,15-17H,5H2,1-2H3;3-4,10,12-13,15-16H,5-6H2,1-2H3;2-4,10-13,15-17H,6H2,1H3;2-4,10,12-13,15-16H,5,7H2,1H3;2-5,10-12,15-16H,1,6-7H2;1-4,7-9,11,14-16H,5H2/t10-,11+,12?,13+;10-,12-,13-;10-,11+,12?,13+;10-,12-,13-;10-,11-,12-;7-,8+,9?,11-/m111111/s1. The Labute approximate surface area is 650 Å². The largest absolute Gasteiger partial charge is 0.496 e. The van der Waals surface area contributed by atoms with E-state index in [2.05, 4.69) is 12.6 Å². The summed E-state index contributed by atoms with van der Waals surface area (Å²) >= 11 is 8.55. The van der Waals surface area contributed by atoms with Gasteiger partial charge in [-0.15, -0.1) is 22.7 Å². The fourth-order valence-corrected chi connectivity index (χ4v) is 15.5. The first-order valence-corrected chi connectivity index (χ1v) is 37.2. The number of pyridine rings is 1. The highest BCUT2D eigenvalue weighted by atomic mass is 32.1. The van der Waals surface area contributed by atoms with Gasteiger partial charge in [0.1, 0.15) is 131 Å². The summed E-state index contributed by atoms with van der Waals surface area (Å²) in [6.45, 7) is 5.56. The van der Waals surface area contributed by atoms with E-state index in [4.69, 9.17) is 101 Å². The average Bonchev–Trinajstić information content (AvgIpc) is 1.68. The summed E-state index contributed by atoms with van der Waals surface area (Å²) in [6.07, 6.45) is -9.88. The highest BCUT2D eigenvalue weighted by Gasteiger charge is 2.47. The van der Waals surface area contributed by atoms with Crippen LogP contribution in [0, 0.1) is 52.8 Å². The summed E-state index contributed by atoms with van der Waals surface area (Å²) in [6, 6.07) is 25.4. The fourth-order valence-electron chi connectivity index (χ4n) is 13.4. The van der Waals surface area contributed by atoms with Gasteiger partial charge < -0.3 is 133 Å². The van der Waals surface area contributed by atoms with Crippen LogP contribution in [0.1, 0.15) is 105 Å². The Hall–Kier alpha value is -7.61. The number of methoxy groups -OCH3 is 4. The molecule has 7 aliphatic heterocycles. The number of fused-ring (bicyclic) bond motifs is 2. The first kappa shape index (κ1) is 87.4. The maximum atomic E-state index is 13.6. The minimum Gasteiger partial charge on any atom is -0.496 e. The van der Waals surface area contributed by atoms with Gasteiger partial charge in [-0.2, -0.15) is 10.5 Å². The Morgan fingerprint density at radius 2 is 0.946 bits per heavy atom. The Bertz CT molecular complexity index is 4440. The van der Waals surface area contributed by atoms with E-state index in [1.165, 1.54) is 69.6 Å². The van der Waals surface area contributed by atoms with Gasteiger partial charge in [0.15, 0.2) is 6.23 Å². The number of ether oxygens (including phenoxy) is 10. The SMILES string of the molecule is C=C1c2sccc2C=CN1[C@H]1C[C@@H](O)[C@@H](CO)O1.COc1cc(C#N)ccc1[C@@H]1O[C@H](CO)[C@H](O)C1O.COc1cc(C#N)ccc1[C@H]1C[C@@H](O)[C@@H](CO)O1.COc1cc(C)c(F)cc1[C@@H]1O[C@H](CO)[C@H](O)C1O.COc1cc(C)c(F)cc1[C@H]1C[C@@H](O)[C@@H](CO)O1.OC[C@H]1O[C@@H](n2ccc3ccsc3c2=S)C(O)[C@H]1O. The van der Waals surface area contributed by atoms with Crippen LogP contribution >= 0.6 is 34.9 Å². The molecular formula is C77H92F2N4O25S3. The van der Waals surface area contributed by atoms with Crippen molar-refractivity contribution in [3.05, 3.63) is 180 Å². The molecule has 7 aromatic rings. The smallest absolute Gasteiger partial charge is 0.164 e. The van der Waals surface area contributed by atoms with Gasteiger partial charge >= 0.3 is 0 Å². The second-order valence-corrected chi connectivity index (χ2v) is 28.8. The number of halogens is 2. The highest BCUT2D eigenvalue weighted by Crippen LogP contribution is 2.44. The number of hydrogen-bond acceptors (Lipinski definition) is 31. The van der Waals surface area contributed by atoms with E-state index < -0.39 is 129 Å². The van der Waals surface area contributed by atoms with Gasteiger partial charge in [0.05, 0.1) is 137 Å². The monoisotopic (exact) mass is 1610 g/mol. The van der Waals surface area contributed by atoms with Gasteiger partial charge in [0.25, 0.3) is 0 Å². The van der Waals surface area contributed by atoms with Crippen LogP contribution in [0.25, 0.3) is 21.9 Å². The quantitative estimate of drug-likeness (QED) is 0.0587. The molecular weight excluding hydrogens is 1520 g/mol. The van der Waals surface area contributed by atoms with Crippen LogP contribution in [0.15, 0.2) is 109 Å². The summed E-state index contributed by atoms with van der Waals surface area (Å²) in [5.74, 6) is 1.07. The molecule has 34 heteroatoms. The number of aliphatic hydroxyl groups is 15. The summed E-state index contributed by atoms with van der Waals surface area (Å²) in [7, 11) is 5.90. The number of rotatable bonds is 16. The van der Waals surface area contributed by atoms with Crippen LogP contribution in [0.5, 0.6) is 23.0 Å². The number of hydrogen-bond donors (Lipinski definition) is 15. The number of aliphatic hydroxyl groups excluding tert-OH is 15. The molecule has 0 radical (unpaired) electrons. The van der Waals surface area contributed by atoms with Crippen molar-refractivity contribution in [3.63, 3.8) is 0 Å². The molecule has 0 bridgehead atoms. The Balaban J connectivity index is 0.000000153.